The number of piperidine rings is 1. The van der Waals surface area contributed by atoms with Gasteiger partial charge in [0.2, 0.25) is 0 Å². The number of nitrogens with zero attached hydrogens (tertiary/aromatic N) is 2. The summed E-state index contributed by atoms with van der Waals surface area (Å²) < 4.78 is 4.98. The minimum Gasteiger partial charge on any atom is -0.466 e. The third-order valence-corrected chi connectivity index (χ3v) is 2.69. The highest BCUT2D eigenvalue weighted by atomic mass is 16.5. The highest BCUT2D eigenvalue weighted by Crippen LogP contribution is 2.18. The van der Waals surface area contributed by atoms with Gasteiger partial charge in [-0.05, 0) is 19.8 Å². The molecule has 0 aromatic rings. The minimum absolute atomic E-state index is 0.0333. The van der Waals surface area contributed by atoms with E-state index < -0.39 is 0 Å². The smallest absolute Gasteiger partial charge is 0.319 e. The maximum absolute atomic E-state index is 11.7. The molecule has 0 unspecified atom stereocenters. The molecule has 5 nitrogen and oxygen atoms in total. The lowest BCUT2D eigenvalue weighted by molar-refractivity contribution is -0.149. The molecule has 16 heavy (non-hydrogen) atoms. The standard InChI is InChI=1S/C11H20N2O3/c1-4-16-10(14)9-6-5-7-13(8-9)11(15)12(2)3/h9H,4-8H2,1-3H3/t9-/m1/s1. The summed E-state index contributed by atoms with van der Waals surface area (Å²) in [4.78, 5) is 26.5. The predicted octanol–water partition coefficient (Wildman–Crippen LogP) is 0.943. The largest absolute Gasteiger partial charge is 0.466 e. The van der Waals surface area contributed by atoms with Crippen LogP contribution in [-0.4, -0.2) is 55.6 Å². The zero-order chi connectivity index (χ0) is 12.1. The lowest BCUT2D eigenvalue weighted by Gasteiger charge is -2.33. The number of amides is 2. The summed E-state index contributed by atoms with van der Waals surface area (Å²) in [5, 5.41) is 0. The molecule has 0 aromatic carbocycles. The van der Waals surface area contributed by atoms with E-state index in [-0.39, 0.29) is 17.9 Å². The van der Waals surface area contributed by atoms with Crippen LogP contribution in [0.2, 0.25) is 0 Å². The molecule has 92 valence electrons. The number of hydrogen-bond donors (Lipinski definition) is 0. The molecule has 1 aliphatic rings. The van der Waals surface area contributed by atoms with Crippen LogP contribution in [-0.2, 0) is 9.53 Å². The van der Waals surface area contributed by atoms with Crippen molar-refractivity contribution in [1.82, 2.24) is 9.80 Å². The van der Waals surface area contributed by atoms with Crippen LogP contribution in [0.4, 0.5) is 4.79 Å². The van der Waals surface area contributed by atoms with Crippen LogP contribution in [0.5, 0.6) is 0 Å². The molecule has 1 saturated heterocycles. The maximum Gasteiger partial charge on any atom is 0.319 e. The number of hydrogen-bond acceptors (Lipinski definition) is 3. The van der Waals surface area contributed by atoms with Gasteiger partial charge < -0.3 is 14.5 Å². The number of urea groups is 1. The zero-order valence-electron chi connectivity index (χ0n) is 10.2. The van der Waals surface area contributed by atoms with Crippen molar-refractivity contribution in [1.29, 1.82) is 0 Å². The molecule has 1 aliphatic heterocycles. The molecule has 0 N–H and O–H groups in total. The molecule has 5 heteroatoms. The molecule has 1 atom stereocenters. The van der Waals surface area contributed by atoms with E-state index in [1.807, 2.05) is 0 Å². The van der Waals surface area contributed by atoms with Crippen molar-refractivity contribution in [3.05, 3.63) is 0 Å². The number of carbonyl (C=O) groups is 2. The highest BCUT2D eigenvalue weighted by molar-refractivity contribution is 5.77. The Morgan fingerprint density at radius 2 is 2.12 bits per heavy atom. The lowest BCUT2D eigenvalue weighted by Crippen LogP contribution is -2.46. The van der Waals surface area contributed by atoms with Gasteiger partial charge in [-0.3, -0.25) is 4.79 Å². The van der Waals surface area contributed by atoms with Crippen LogP contribution < -0.4 is 0 Å². The van der Waals surface area contributed by atoms with Gasteiger partial charge in [-0.25, -0.2) is 4.79 Å². The Kier molecular flexibility index (Phi) is 4.58. The summed E-state index contributed by atoms with van der Waals surface area (Å²) in [6.07, 6.45) is 1.68. The molecule has 0 aromatic heterocycles. The fraction of sp³-hybridized carbons (Fsp3) is 0.818. The average molecular weight is 228 g/mol. The van der Waals surface area contributed by atoms with Crippen LogP contribution in [0.15, 0.2) is 0 Å². The second kappa shape index (κ2) is 5.72. The van der Waals surface area contributed by atoms with E-state index in [1.54, 1.807) is 25.9 Å². The van der Waals surface area contributed by atoms with Crippen molar-refractivity contribution in [2.24, 2.45) is 5.92 Å². The molecule has 0 spiro atoms. The minimum atomic E-state index is -0.182. The van der Waals surface area contributed by atoms with Crippen molar-refractivity contribution >= 4 is 12.0 Å². The van der Waals surface area contributed by atoms with Crippen molar-refractivity contribution in [2.75, 3.05) is 33.8 Å². The van der Waals surface area contributed by atoms with Crippen molar-refractivity contribution in [2.45, 2.75) is 19.8 Å². The van der Waals surface area contributed by atoms with Crippen LogP contribution >= 0.6 is 0 Å². The zero-order valence-corrected chi connectivity index (χ0v) is 10.2. The first kappa shape index (κ1) is 12.8. The quantitative estimate of drug-likeness (QED) is 0.661. The van der Waals surface area contributed by atoms with E-state index in [2.05, 4.69) is 0 Å². The fourth-order valence-corrected chi connectivity index (χ4v) is 1.89. The topological polar surface area (TPSA) is 49.9 Å². The monoisotopic (exact) mass is 228 g/mol. The molecule has 1 rings (SSSR count). The normalized spacial score (nSPS) is 20.4. The first-order valence-corrected chi connectivity index (χ1v) is 5.69. The van der Waals surface area contributed by atoms with Crippen LogP contribution in [0.3, 0.4) is 0 Å². The maximum atomic E-state index is 11.7. The molecular formula is C11H20N2O3. The molecule has 1 heterocycles. The number of ether oxygens (including phenoxy) is 1. The molecule has 2 amide bonds. The third kappa shape index (κ3) is 3.12. The summed E-state index contributed by atoms with van der Waals surface area (Å²) in [6, 6.07) is -0.0333. The van der Waals surface area contributed by atoms with Crippen molar-refractivity contribution in [3.8, 4) is 0 Å². The van der Waals surface area contributed by atoms with Gasteiger partial charge in [0, 0.05) is 27.2 Å². The summed E-state index contributed by atoms with van der Waals surface area (Å²) in [5.41, 5.74) is 0. The molecule has 1 fully saturated rings. The number of rotatable bonds is 2. The number of carbonyl (C=O) groups excluding carboxylic acids is 2. The number of esters is 1. The molecule has 0 saturated carbocycles. The van der Waals surface area contributed by atoms with E-state index in [9.17, 15) is 9.59 Å². The second-order valence-electron chi connectivity index (χ2n) is 4.21. The Hall–Kier alpha value is -1.26. The van der Waals surface area contributed by atoms with Crippen LogP contribution in [0.1, 0.15) is 19.8 Å². The van der Waals surface area contributed by atoms with Crippen molar-refractivity contribution < 1.29 is 14.3 Å². The Labute approximate surface area is 96.3 Å². The van der Waals surface area contributed by atoms with E-state index in [0.29, 0.717) is 13.2 Å². The molecule has 0 aliphatic carbocycles. The van der Waals surface area contributed by atoms with Crippen LogP contribution in [0, 0.1) is 5.92 Å². The highest BCUT2D eigenvalue weighted by Gasteiger charge is 2.29. The predicted molar refractivity (Wildman–Crippen MR) is 60.0 cm³/mol. The number of likely N-dealkylation sites (tertiary alicyclic amines) is 1. The van der Waals surface area contributed by atoms with Gasteiger partial charge in [-0.15, -0.1) is 0 Å². The van der Waals surface area contributed by atoms with Gasteiger partial charge in [0.15, 0.2) is 0 Å². The third-order valence-electron chi connectivity index (χ3n) is 2.69. The Morgan fingerprint density at radius 3 is 2.69 bits per heavy atom. The summed E-state index contributed by atoms with van der Waals surface area (Å²) >= 11 is 0. The Balaban J connectivity index is 2.53. The van der Waals surface area contributed by atoms with Gasteiger partial charge in [0.25, 0.3) is 0 Å². The van der Waals surface area contributed by atoms with Crippen LogP contribution in [0.25, 0.3) is 0 Å². The Morgan fingerprint density at radius 1 is 1.44 bits per heavy atom. The van der Waals surface area contributed by atoms with Gasteiger partial charge in [0.05, 0.1) is 12.5 Å². The first-order valence-electron chi connectivity index (χ1n) is 5.69. The molecular weight excluding hydrogens is 208 g/mol. The SMILES string of the molecule is CCOC(=O)[C@@H]1CCCN(C(=O)N(C)C)C1. The molecule has 0 radical (unpaired) electrons. The first-order chi connectivity index (χ1) is 7.56. The van der Waals surface area contributed by atoms with Gasteiger partial charge in [-0.2, -0.15) is 0 Å². The summed E-state index contributed by atoms with van der Waals surface area (Å²) in [6.45, 7) is 3.41. The van der Waals surface area contributed by atoms with Gasteiger partial charge in [-0.1, -0.05) is 0 Å². The summed E-state index contributed by atoms with van der Waals surface area (Å²) in [7, 11) is 3.44. The van der Waals surface area contributed by atoms with Crippen molar-refractivity contribution in [3.63, 3.8) is 0 Å². The van der Waals surface area contributed by atoms with E-state index in [4.69, 9.17) is 4.74 Å². The van der Waals surface area contributed by atoms with Gasteiger partial charge in [0.1, 0.15) is 0 Å². The van der Waals surface area contributed by atoms with E-state index in [1.165, 1.54) is 4.90 Å². The fourth-order valence-electron chi connectivity index (χ4n) is 1.89. The van der Waals surface area contributed by atoms with Gasteiger partial charge >= 0.3 is 12.0 Å². The summed E-state index contributed by atoms with van der Waals surface area (Å²) in [5.74, 6) is -0.337. The molecule has 0 bridgehead atoms. The average Bonchev–Trinajstić information content (AvgIpc) is 2.28. The second-order valence-corrected chi connectivity index (χ2v) is 4.21. The van der Waals surface area contributed by atoms with E-state index in [0.717, 1.165) is 19.4 Å². The Bertz CT molecular complexity index is 266. The van der Waals surface area contributed by atoms with E-state index >= 15 is 0 Å². The lowest BCUT2D eigenvalue weighted by atomic mass is 9.98.